The minimum atomic E-state index is -0.998. The van der Waals surface area contributed by atoms with Gasteiger partial charge in [0.2, 0.25) is 0 Å². The maximum absolute atomic E-state index is 10.3. The maximum atomic E-state index is 10.3. The molecule has 0 spiro atoms. The van der Waals surface area contributed by atoms with Crippen LogP contribution in [0.2, 0.25) is 0 Å². The molecule has 1 aliphatic rings. The van der Waals surface area contributed by atoms with Crippen LogP contribution in [0.4, 0.5) is 4.79 Å². The Morgan fingerprint density at radius 2 is 2.17 bits per heavy atom. The predicted molar refractivity (Wildman–Crippen MR) is 44.0 cm³/mol. The molecular weight excluding hydrogens is 158 g/mol. The second kappa shape index (κ2) is 3.76. The standard InChI is InChI=1S/C8H15NO3/c1-5-2-3-6(4-7(5)10)9-8(11)12/h5-7,9-10H,2-4H2,1H3,(H,11,12)/t5-,6?,7-/m1/s1. The van der Waals surface area contributed by atoms with E-state index in [0.717, 1.165) is 12.8 Å². The number of hydrogen-bond donors (Lipinski definition) is 3. The van der Waals surface area contributed by atoms with Crippen molar-refractivity contribution in [3.05, 3.63) is 0 Å². The third-order valence-corrected chi connectivity index (χ3v) is 2.48. The molecule has 0 aromatic carbocycles. The van der Waals surface area contributed by atoms with Crippen molar-refractivity contribution in [1.82, 2.24) is 5.32 Å². The molecule has 0 aromatic heterocycles. The van der Waals surface area contributed by atoms with E-state index in [0.29, 0.717) is 12.3 Å². The summed E-state index contributed by atoms with van der Waals surface area (Å²) in [6.45, 7) is 1.99. The lowest BCUT2D eigenvalue weighted by atomic mass is 9.85. The molecule has 1 fully saturated rings. The highest BCUT2D eigenvalue weighted by atomic mass is 16.4. The normalized spacial score (nSPS) is 36.0. The first-order valence-corrected chi connectivity index (χ1v) is 4.27. The molecule has 1 amide bonds. The van der Waals surface area contributed by atoms with Crippen LogP contribution in [0.1, 0.15) is 26.2 Å². The van der Waals surface area contributed by atoms with Crippen LogP contribution >= 0.6 is 0 Å². The van der Waals surface area contributed by atoms with Crippen LogP contribution in [-0.2, 0) is 0 Å². The van der Waals surface area contributed by atoms with Crippen LogP contribution < -0.4 is 5.32 Å². The number of nitrogens with one attached hydrogen (secondary N) is 1. The molecule has 1 saturated carbocycles. The summed E-state index contributed by atoms with van der Waals surface area (Å²) in [6, 6.07) is -0.0614. The topological polar surface area (TPSA) is 69.6 Å². The van der Waals surface area contributed by atoms with Gasteiger partial charge in [0.25, 0.3) is 0 Å². The quantitative estimate of drug-likeness (QED) is 0.549. The van der Waals surface area contributed by atoms with E-state index in [1.165, 1.54) is 0 Å². The first-order chi connectivity index (χ1) is 5.59. The van der Waals surface area contributed by atoms with E-state index in [1.54, 1.807) is 0 Å². The zero-order chi connectivity index (χ0) is 9.14. The number of amides is 1. The number of rotatable bonds is 1. The van der Waals surface area contributed by atoms with Gasteiger partial charge >= 0.3 is 6.09 Å². The summed E-state index contributed by atoms with van der Waals surface area (Å²) in [7, 11) is 0. The molecule has 0 radical (unpaired) electrons. The smallest absolute Gasteiger partial charge is 0.404 e. The highest BCUT2D eigenvalue weighted by Crippen LogP contribution is 2.23. The van der Waals surface area contributed by atoms with E-state index in [1.807, 2.05) is 6.92 Å². The van der Waals surface area contributed by atoms with Gasteiger partial charge in [-0.15, -0.1) is 0 Å². The van der Waals surface area contributed by atoms with Crippen LogP contribution in [0.3, 0.4) is 0 Å². The molecule has 12 heavy (non-hydrogen) atoms. The summed E-state index contributed by atoms with van der Waals surface area (Å²) in [5, 5.41) is 20.2. The Kier molecular flexibility index (Phi) is 2.92. The van der Waals surface area contributed by atoms with Crippen LogP contribution in [0, 0.1) is 5.92 Å². The summed E-state index contributed by atoms with van der Waals surface area (Å²) < 4.78 is 0. The van der Waals surface area contributed by atoms with E-state index >= 15 is 0 Å². The Morgan fingerprint density at radius 1 is 1.50 bits per heavy atom. The van der Waals surface area contributed by atoms with Gasteiger partial charge in [0.1, 0.15) is 0 Å². The minimum Gasteiger partial charge on any atom is -0.465 e. The van der Waals surface area contributed by atoms with E-state index in [-0.39, 0.29) is 12.1 Å². The summed E-state index contributed by atoms with van der Waals surface area (Å²) in [5.74, 6) is 0.303. The van der Waals surface area contributed by atoms with Crippen LogP contribution in [0.15, 0.2) is 0 Å². The van der Waals surface area contributed by atoms with Crippen molar-refractivity contribution >= 4 is 6.09 Å². The Hall–Kier alpha value is -0.770. The molecule has 1 rings (SSSR count). The Bertz CT molecular complexity index is 172. The van der Waals surface area contributed by atoms with Gasteiger partial charge in [0.15, 0.2) is 0 Å². The second-order valence-corrected chi connectivity index (χ2v) is 3.50. The van der Waals surface area contributed by atoms with Crippen LogP contribution in [-0.4, -0.2) is 28.5 Å². The molecule has 0 heterocycles. The summed E-state index contributed by atoms with van der Waals surface area (Å²) in [6.07, 6.45) is 0.932. The van der Waals surface area contributed by atoms with Crippen LogP contribution in [0.5, 0.6) is 0 Å². The van der Waals surface area contributed by atoms with Gasteiger partial charge in [-0.05, 0) is 25.2 Å². The monoisotopic (exact) mass is 173 g/mol. The second-order valence-electron chi connectivity index (χ2n) is 3.50. The largest absolute Gasteiger partial charge is 0.465 e. The number of carboxylic acid groups (broad SMARTS) is 1. The number of hydrogen-bond acceptors (Lipinski definition) is 2. The lowest BCUT2D eigenvalue weighted by Crippen LogP contribution is -2.41. The predicted octanol–water partition coefficient (Wildman–Crippen LogP) is 0.804. The molecule has 1 aliphatic carbocycles. The number of aliphatic hydroxyl groups excluding tert-OH is 1. The summed E-state index contributed by atoms with van der Waals surface area (Å²) >= 11 is 0. The fraction of sp³-hybridized carbons (Fsp3) is 0.875. The van der Waals surface area contributed by atoms with E-state index in [9.17, 15) is 9.90 Å². The molecule has 70 valence electrons. The first kappa shape index (κ1) is 9.32. The van der Waals surface area contributed by atoms with E-state index in [4.69, 9.17) is 5.11 Å². The van der Waals surface area contributed by atoms with Crippen molar-refractivity contribution in [3.8, 4) is 0 Å². The molecule has 4 heteroatoms. The SMILES string of the molecule is C[C@@H]1CCC(NC(=O)O)C[C@H]1O. The fourth-order valence-electron chi connectivity index (χ4n) is 1.60. The molecule has 1 unspecified atom stereocenters. The third-order valence-electron chi connectivity index (χ3n) is 2.48. The highest BCUT2D eigenvalue weighted by Gasteiger charge is 2.26. The highest BCUT2D eigenvalue weighted by molar-refractivity contribution is 5.64. The van der Waals surface area contributed by atoms with E-state index in [2.05, 4.69) is 5.32 Å². The van der Waals surface area contributed by atoms with Gasteiger partial charge < -0.3 is 15.5 Å². The van der Waals surface area contributed by atoms with Crippen LogP contribution in [0.25, 0.3) is 0 Å². The lowest BCUT2D eigenvalue weighted by Gasteiger charge is -2.30. The average molecular weight is 173 g/mol. The number of carbonyl (C=O) groups is 1. The maximum Gasteiger partial charge on any atom is 0.404 e. The van der Waals surface area contributed by atoms with Gasteiger partial charge in [0, 0.05) is 6.04 Å². The molecule has 0 saturated heterocycles. The number of aliphatic hydroxyl groups is 1. The van der Waals surface area contributed by atoms with Crippen molar-refractivity contribution in [2.45, 2.75) is 38.3 Å². The minimum absolute atomic E-state index is 0.0614. The van der Waals surface area contributed by atoms with Crippen molar-refractivity contribution in [1.29, 1.82) is 0 Å². The van der Waals surface area contributed by atoms with Crippen molar-refractivity contribution < 1.29 is 15.0 Å². The van der Waals surface area contributed by atoms with Crippen molar-refractivity contribution in [2.24, 2.45) is 5.92 Å². The Labute approximate surface area is 71.6 Å². The van der Waals surface area contributed by atoms with Gasteiger partial charge in [0.05, 0.1) is 6.10 Å². The molecule has 4 nitrogen and oxygen atoms in total. The lowest BCUT2D eigenvalue weighted by molar-refractivity contribution is 0.0634. The van der Waals surface area contributed by atoms with Gasteiger partial charge in [-0.1, -0.05) is 6.92 Å². The summed E-state index contributed by atoms with van der Waals surface area (Å²) in [4.78, 5) is 10.3. The zero-order valence-electron chi connectivity index (χ0n) is 7.16. The molecule has 0 bridgehead atoms. The molecule has 3 atom stereocenters. The fourth-order valence-corrected chi connectivity index (χ4v) is 1.60. The Balaban J connectivity index is 2.35. The van der Waals surface area contributed by atoms with E-state index < -0.39 is 6.09 Å². The third kappa shape index (κ3) is 2.37. The average Bonchev–Trinajstić information content (AvgIpc) is 1.96. The van der Waals surface area contributed by atoms with Crippen molar-refractivity contribution in [2.75, 3.05) is 0 Å². The molecular formula is C8H15NO3. The molecule has 3 N–H and O–H groups in total. The first-order valence-electron chi connectivity index (χ1n) is 4.27. The summed E-state index contributed by atoms with van der Waals surface area (Å²) in [5.41, 5.74) is 0. The zero-order valence-corrected chi connectivity index (χ0v) is 7.16. The molecule has 0 aromatic rings. The Morgan fingerprint density at radius 3 is 2.67 bits per heavy atom. The molecule has 0 aliphatic heterocycles. The van der Waals surface area contributed by atoms with Gasteiger partial charge in [-0.25, -0.2) is 4.79 Å². The van der Waals surface area contributed by atoms with Crippen molar-refractivity contribution in [3.63, 3.8) is 0 Å². The van der Waals surface area contributed by atoms with Gasteiger partial charge in [-0.2, -0.15) is 0 Å². The van der Waals surface area contributed by atoms with Gasteiger partial charge in [-0.3, -0.25) is 0 Å².